The Morgan fingerprint density at radius 3 is 2.35 bits per heavy atom. The summed E-state index contributed by atoms with van der Waals surface area (Å²) in [7, 11) is 0. The fourth-order valence-corrected chi connectivity index (χ4v) is 2.29. The quantitative estimate of drug-likeness (QED) is 0.769. The van der Waals surface area contributed by atoms with E-state index in [4.69, 9.17) is 0 Å². The topological polar surface area (TPSA) is 40.6 Å². The van der Waals surface area contributed by atoms with E-state index in [0.29, 0.717) is 26.2 Å². The summed E-state index contributed by atoms with van der Waals surface area (Å²) in [5.74, 6) is 0.0853. The van der Waals surface area contributed by atoms with Crippen LogP contribution < -0.4 is 0 Å². The van der Waals surface area contributed by atoms with Gasteiger partial charge >= 0.3 is 0 Å². The summed E-state index contributed by atoms with van der Waals surface area (Å²) in [6.45, 7) is 6.06. The minimum absolute atomic E-state index is 0.00899. The van der Waals surface area contributed by atoms with Crippen LogP contribution in [0.15, 0.2) is 30.3 Å². The second-order valence-corrected chi connectivity index (χ2v) is 5.08. The SMILES string of the molecule is CC(=O)N1CCN(C(=O)/C=C/c2cccc(C)c2)CC1. The van der Waals surface area contributed by atoms with Crippen LogP contribution in [0.1, 0.15) is 18.1 Å². The number of hydrogen-bond acceptors (Lipinski definition) is 2. The van der Waals surface area contributed by atoms with Crippen molar-refractivity contribution in [2.45, 2.75) is 13.8 Å². The fourth-order valence-electron chi connectivity index (χ4n) is 2.29. The van der Waals surface area contributed by atoms with E-state index >= 15 is 0 Å². The van der Waals surface area contributed by atoms with Gasteiger partial charge in [0.15, 0.2) is 0 Å². The average molecular weight is 272 g/mol. The van der Waals surface area contributed by atoms with Crippen molar-refractivity contribution >= 4 is 17.9 Å². The summed E-state index contributed by atoms with van der Waals surface area (Å²) in [5.41, 5.74) is 2.20. The molecule has 106 valence electrons. The molecule has 2 amide bonds. The lowest BCUT2D eigenvalue weighted by molar-refractivity contribution is -0.135. The molecule has 1 aliphatic heterocycles. The van der Waals surface area contributed by atoms with Gasteiger partial charge < -0.3 is 9.80 Å². The van der Waals surface area contributed by atoms with Gasteiger partial charge in [-0.25, -0.2) is 0 Å². The zero-order valence-corrected chi connectivity index (χ0v) is 12.0. The molecule has 0 aromatic heterocycles. The molecule has 1 aromatic carbocycles. The Balaban J connectivity index is 1.91. The lowest BCUT2D eigenvalue weighted by atomic mass is 10.1. The Morgan fingerprint density at radius 2 is 1.75 bits per heavy atom. The van der Waals surface area contributed by atoms with Gasteiger partial charge in [0, 0.05) is 39.2 Å². The maximum Gasteiger partial charge on any atom is 0.246 e. The Morgan fingerprint density at radius 1 is 1.10 bits per heavy atom. The molecule has 4 nitrogen and oxygen atoms in total. The predicted octanol–water partition coefficient (Wildman–Crippen LogP) is 1.70. The van der Waals surface area contributed by atoms with Crippen LogP contribution in [0, 0.1) is 6.92 Å². The molecule has 1 saturated heterocycles. The van der Waals surface area contributed by atoms with E-state index < -0.39 is 0 Å². The van der Waals surface area contributed by atoms with Crippen molar-refractivity contribution in [2.24, 2.45) is 0 Å². The Hall–Kier alpha value is -2.10. The highest BCUT2D eigenvalue weighted by Gasteiger charge is 2.20. The second kappa shape index (κ2) is 6.37. The molecule has 0 unspecified atom stereocenters. The van der Waals surface area contributed by atoms with Crippen molar-refractivity contribution in [1.82, 2.24) is 9.80 Å². The van der Waals surface area contributed by atoms with E-state index in [2.05, 4.69) is 0 Å². The maximum atomic E-state index is 12.1. The van der Waals surface area contributed by atoms with Crippen molar-refractivity contribution in [1.29, 1.82) is 0 Å². The van der Waals surface area contributed by atoms with Crippen molar-refractivity contribution in [3.63, 3.8) is 0 Å². The van der Waals surface area contributed by atoms with Gasteiger partial charge in [-0.3, -0.25) is 9.59 Å². The summed E-state index contributed by atoms with van der Waals surface area (Å²) in [5, 5.41) is 0. The molecule has 0 atom stereocenters. The number of hydrogen-bond donors (Lipinski definition) is 0. The number of rotatable bonds is 2. The first-order valence-electron chi connectivity index (χ1n) is 6.85. The number of nitrogens with zero attached hydrogens (tertiary/aromatic N) is 2. The molecule has 4 heteroatoms. The molecule has 0 radical (unpaired) electrons. The van der Waals surface area contributed by atoms with Crippen molar-refractivity contribution < 1.29 is 9.59 Å². The largest absolute Gasteiger partial charge is 0.339 e. The second-order valence-electron chi connectivity index (χ2n) is 5.08. The zero-order chi connectivity index (χ0) is 14.5. The van der Waals surface area contributed by atoms with Gasteiger partial charge in [-0.05, 0) is 18.6 Å². The first-order valence-corrected chi connectivity index (χ1v) is 6.85. The van der Waals surface area contributed by atoms with Crippen LogP contribution in [0.2, 0.25) is 0 Å². The van der Waals surface area contributed by atoms with E-state index in [1.54, 1.807) is 22.8 Å². The summed E-state index contributed by atoms with van der Waals surface area (Å²) in [6, 6.07) is 8.02. The highest BCUT2D eigenvalue weighted by Crippen LogP contribution is 2.08. The maximum absolute atomic E-state index is 12.1. The molecule has 1 fully saturated rings. The summed E-state index contributed by atoms with van der Waals surface area (Å²) >= 11 is 0. The third-order valence-corrected chi connectivity index (χ3v) is 3.50. The van der Waals surface area contributed by atoms with Crippen molar-refractivity contribution in [3.8, 4) is 0 Å². The number of carbonyl (C=O) groups is 2. The van der Waals surface area contributed by atoms with Gasteiger partial charge in [-0.2, -0.15) is 0 Å². The van der Waals surface area contributed by atoms with E-state index in [9.17, 15) is 9.59 Å². The molecule has 0 spiro atoms. The van der Waals surface area contributed by atoms with Crippen LogP contribution in [-0.4, -0.2) is 47.8 Å². The van der Waals surface area contributed by atoms with Gasteiger partial charge in [-0.15, -0.1) is 0 Å². The smallest absolute Gasteiger partial charge is 0.246 e. The minimum atomic E-state index is 0.00899. The number of benzene rings is 1. The van der Waals surface area contributed by atoms with Crippen LogP contribution in [0.4, 0.5) is 0 Å². The normalized spacial score (nSPS) is 15.7. The monoisotopic (exact) mass is 272 g/mol. The van der Waals surface area contributed by atoms with Gasteiger partial charge in [0.2, 0.25) is 11.8 Å². The van der Waals surface area contributed by atoms with Crippen LogP contribution in [0.25, 0.3) is 6.08 Å². The lowest BCUT2D eigenvalue weighted by Crippen LogP contribution is -2.49. The summed E-state index contributed by atoms with van der Waals surface area (Å²) in [4.78, 5) is 26.9. The van der Waals surface area contributed by atoms with Gasteiger partial charge in [-0.1, -0.05) is 29.8 Å². The number of carbonyl (C=O) groups excluding carboxylic acids is 2. The van der Waals surface area contributed by atoms with Crippen molar-refractivity contribution in [2.75, 3.05) is 26.2 Å². The highest BCUT2D eigenvalue weighted by molar-refractivity contribution is 5.92. The Labute approximate surface area is 119 Å². The third-order valence-electron chi connectivity index (χ3n) is 3.50. The molecule has 1 aliphatic rings. The molecule has 2 rings (SSSR count). The molecule has 0 N–H and O–H groups in total. The third kappa shape index (κ3) is 3.70. The van der Waals surface area contributed by atoms with Crippen LogP contribution in [0.5, 0.6) is 0 Å². The average Bonchev–Trinajstić information content (AvgIpc) is 2.45. The lowest BCUT2D eigenvalue weighted by Gasteiger charge is -2.33. The van der Waals surface area contributed by atoms with E-state index in [-0.39, 0.29) is 11.8 Å². The number of aryl methyl sites for hydroxylation is 1. The zero-order valence-electron chi connectivity index (χ0n) is 12.0. The molecule has 1 heterocycles. The van der Waals surface area contributed by atoms with Crippen LogP contribution >= 0.6 is 0 Å². The molecule has 20 heavy (non-hydrogen) atoms. The van der Waals surface area contributed by atoms with Gasteiger partial charge in [0.1, 0.15) is 0 Å². The Kier molecular flexibility index (Phi) is 4.56. The summed E-state index contributed by atoms with van der Waals surface area (Å²) in [6.07, 6.45) is 3.45. The van der Waals surface area contributed by atoms with E-state index in [1.165, 1.54) is 5.56 Å². The number of amides is 2. The van der Waals surface area contributed by atoms with Crippen molar-refractivity contribution in [3.05, 3.63) is 41.5 Å². The predicted molar refractivity (Wildman–Crippen MR) is 79.0 cm³/mol. The number of piperazine rings is 1. The fraction of sp³-hybridized carbons (Fsp3) is 0.375. The highest BCUT2D eigenvalue weighted by atomic mass is 16.2. The molecular weight excluding hydrogens is 252 g/mol. The van der Waals surface area contributed by atoms with Gasteiger partial charge in [0.25, 0.3) is 0 Å². The van der Waals surface area contributed by atoms with Gasteiger partial charge in [0.05, 0.1) is 0 Å². The Bertz CT molecular complexity index is 529. The van der Waals surface area contributed by atoms with E-state index in [0.717, 1.165) is 5.56 Å². The first kappa shape index (κ1) is 14.3. The molecule has 0 bridgehead atoms. The van der Waals surface area contributed by atoms with E-state index in [1.807, 2.05) is 37.3 Å². The summed E-state index contributed by atoms with van der Waals surface area (Å²) < 4.78 is 0. The molecular formula is C16H20N2O2. The molecule has 0 saturated carbocycles. The minimum Gasteiger partial charge on any atom is -0.339 e. The standard InChI is InChI=1S/C16H20N2O2/c1-13-4-3-5-15(12-13)6-7-16(20)18-10-8-17(9-11-18)14(2)19/h3-7,12H,8-11H2,1-2H3/b7-6+. The molecule has 1 aromatic rings. The van der Waals surface area contributed by atoms with Crippen LogP contribution in [0.3, 0.4) is 0 Å². The molecule has 0 aliphatic carbocycles. The first-order chi connectivity index (χ1) is 9.56. The van der Waals surface area contributed by atoms with Crippen LogP contribution in [-0.2, 0) is 9.59 Å².